The maximum absolute atomic E-state index is 14.0. The second-order valence-electron chi connectivity index (χ2n) is 18.4. The largest absolute Gasteiger partial charge is 0.508 e. The molecule has 0 aliphatic carbocycles. The van der Waals surface area contributed by atoms with Gasteiger partial charge in [0, 0.05) is 25.9 Å². The predicted octanol–water partition coefficient (Wildman–Crippen LogP) is -5.07. The Bertz CT molecular complexity index is 2150. The number of hydrogen-bond acceptors (Lipinski definition) is 15. The van der Waals surface area contributed by atoms with Crippen molar-refractivity contribution >= 4 is 71.1 Å². The Hall–Kier alpha value is -7.82. The first-order chi connectivity index (χ1) is 35.1. The third-order valence-electron chi connectivity index (χ3n) is 10.8. The summed E-state index contributed by atoms with van der Waals surface area (Å²) in [5, 5.41) is 58.9. The molecule has 0 spiro atoms. The van der Waals surface area contributed by atoms with Gasteiger partial charge in [0.2, 0.25) is 47.3 Å². The van der Waals surface area contributed by atoms with Crippen molar-refractivity contribution in [2.45, 2.75) is 141 Å². The van der Waals surface area contributed by atoms with E-state index in [-0.39, 0.29) is 87.5 Å². The van der Waals surface area contributed by atoms with Crippen molar-refractivity contribution in [3.8, 4) is 5.75 Å². The van der Waals surface area contributed by atoms with Crippen molar-refractivity contribution in [2.24, 2.45) is 50.5 Å². The number of aliphatic imine (C=N–C) groups is 2. The number of hydrogen-bond donors (Lipinski definition) is 17. The van der Waals surface area contributed by atoms with Crippen molar-refractivity contribution in [1.29, 1.82) is 0 Å². The predicted molar refractivity (Wildman–Crippen MR) is 272 cm³/mol. The number of phenols is 1. The summed E-state index contributed by atoms with van der Waals surface area (Å²) in [4.78, 5) is 139. The highest BCUT2D eigenvalue weighted by molar-refractivity contribution is 5.97. The van der Waals surface area contributed by atoms with Gasteiger partial charge in [-0.05, 0) is 81.4 Å². The van der Waals surface area contributed by atoms with E-state index in [1.165, 1.54) is 31.2 Å². The number of carbonyl (C=O) groups excluding carboxylic acids is 8. The summed E-state index contributed by atoms with van der Waals surface area (Å²) in [6.45, 7) is 7.02. The molecule has 0 aliphatic rings. The molecule has 0 saturated carbocycles. The molecule has 0 aliphatic heterocycles. The van der Waals surface area contributed by atoms with Crippen molar-refractivity contribution in [1.82, 2.24) is 42.5 Å². The first kappa shape index (κ1) is 65.2. The van der Waals surface area contributed by atoms with Crippen LogP contribution < -0.4 is 71.2 Å². The van der Waals surface area contributed by atoms with Gasteiger partial charge in [-0.15, -0.1) is 0 Å². The molecular weight excluding hydrogens is 987 g/mol. The van der Waals surface area contributed by atoms with Gasteiger partial charge in [-0.3, -0.25) is 53.1 Å². The molecule has 29 nitrogen and oxygen atoms in total. The van der Waals surface area contributed by atoms with Gasteiger partial charge in [-0.1, -0.05) is 39.8 Å². The van der Waals surface area contributed by atoms with E-state index in [1.807, 2.05) is 0 Å². The van der Waals surface area contributed by atoms with Gasteiger partial charge < -0.3 is 91.6 Å². The summed E-state index contributed by atoms with van der Waals surface area (Å²) in [5.41, 5.74) is 27.3. The number of guanidine groups is 2. The van der Waals surface area contributed by atoms with Gasteiger partial charge in [0.15, 0.2) is 11.9 Å². The van der Waals surface area contributed by atoms with E-state index in [1.54, 1.807) is 27.7 Å². The molecule has 0 aromatic heterocycles. The van der Waals surface area contributed by atoms with Crippen molar-refractivity contribution < 1.29 is 68.4 Å². The van der Waals surface area contributed by atoms with Crippen molar-refractivity contribution in [3.63, 3.8) is 0 Å². The van der Waals surface area contributed by atoms with Gasteiger partial charge in [-0.25, -0.2) is 4.79 Å². The van der Waals surface area contributed by atoms with E-state index in [2.05, 4.69) is 52.5 Å². The zero-order valence-electron chi connectivity index (χ0n) is 42.9. The molecule has 0 heterocycles. The normalized spacial score (nSPS) is 14.1. The molecule has 0 saturated heterocycles. The summed E-state index contributed by atoms with van der Waals surface area (Å²) >= 11 is 0. The SMILES string of the molecule is CC(C)C[C@H](NC(=O)CNC(=O)[C@H](CCC(=O)O)NC(=O)[C@H](Cc1ccc(O)cc1)NC(=O)[C@@H](NC(=O)CN)[C@@H](C)O)C(=O)N[C@@H](CC(C)C)C(=O)N[C@@H](CCCN=C(N)N)C(=O)N[C@@H](CCCN=C(N)N)C(=O)O. The molecule has 75 heavy (non-hydrogen) atoms. The summed E-state index contributed by atoms with van der Waals surface area (Å²) < 4.78 is 0. The Morgan fingerprint density at radius 3 is 1.45 bits per heavy atom. The molecule has 0 bridgehead atoms. The minimum Gasteiger partial charge on any atom is -0.508 e. The molecule has 420 valence electrons. The fourth-order valence-electron chi connectivity index (χ4n) is 7.08. The second kappa shape index (κ2) is 33.8. The number of rotatable bonds is 35. The minimum absolute atomic E-state index is 0.0222. The third-order valence-corrected chi connectivity index (χ3v) is 10.8. The number of nitrogens with two attached hydrogens (primary N) is 5. The maximum atomic E-state index is 14.0. The molecule has 1 aromatic rings. The fourth-order valence-corrected chi connectivity index (χ4v) is 7.08. The molecular formula is C46H77N15O14. The fraction of sp³-hybridized carbons (Fsp3) is 0.609. The zero-order valence-corrected chi connectivity index (χ0v) is 42.9. The average molecular weight is 1060 g/mol. The summed E-state index contributed by atoms with van der Waals surface area (Å²) in [5.74, 6) is -11.0. The van der Waals surface area contributed by atoms with Crippen LogP contribution in [0.4, 0.5) is 0 Å². The number of amides is 8. The van der Waals surface area contributed by atoms with Crippen LogP contribution in [0.5, 0.6) is 5.75 Å². The number of carboxylic acid groups (broad SMARTS) is 2. The Labute approximate surface area is 434 Å². The summed E-state index contributed by atoms with van der Waals surface area (Å²) in [7, 11) is 0. The molecule has 8 atom stereocenters. The lowest BCUT2D eigenvalue weighted by molar-refractivity contribution is -0.142. The topological polar surface area (TPSA) is 503 Å². The lowest BCUT2D eigenvalue weighted by atomic mass is 9.99. The second-order valence-corrected chi connectivity index (χ2v) is 18.4. The number of nitrogens with zero attached hydrogens (tertiary/aromatic N) is 2. The Kier molecular flexibility index (Phi) is 29.4. The molecule has 8 amide bonds. The Balaban J connectivity index is 3.36. The summed E-state index contributed by atoms with van der Waals surface area (Å²) in [6.07, 6.45) is -2.61. The number of aliphatic carboxylic acids is 2. The number of carbonyl (C=O) groups is 10. The van der Waals surface area contributed by atoms with Crippen LogP contribution in [-0.2, 0) is 54.4 Å². The van der Waals surface area contributed by atoms with E-state index < -0.39 is 134 Å². The highest BCUT2D eigenvalue weighted by Crippen LogP contribution is 2.14. The van der Waals surface area contributed by atoms with E-state index in [0.717, 1.165) is 0 Å². The number of carboxylic acids is 2. The lowest BCUT2D eigenvalue weighted by Crippen LogP contribution is -2.60. The molecule has 29 heteroatoms. The van der Waals surface area contributed by atoms with Crippen LogP contribution in [0.15, 0.2) is 34.3 Å². The first-order valence-electron chi connectivity index (χ1n) is 24.2. The quantitative estimate of drug-likeness (QED) is 0.0172. The number of benzene rings is 1. The number of aliphatic hydroxyl groups excluding tert-OH is 1. The van der Waals surface area contributed by atoms with Gasteiger partial charge in [0.25, 0.3) is 0 Å². The van der Waals surface area contributed by atoms with Gasteiger partial charge in [0.1, 0.15) is 48.0 Å². The smallest absolute Gasteiger partial charge is 0.326 e. The van der Waals surface area contributed by atoms with Crippen LogP contribution >= 0.6 is 0 Å². The minimum atomic E-state index is -1.63. The maximum Gasteiger partial charge on any atom is 0.326 e. The van der Waals surface area contributed by atoms with Gasteiger partial charge >= 0.3 is 11.9 Å². The Morgan fingerprint density at radius 2 is 0.987 bits per heavy atom. The molecule has 22 N–H and O–H groups in total. The van der Waals surface area contributed by atoms with Crippen molar-refractivity contribution in [3.05, 3.63) is 29.8 Å². The monoisotopic (exact) mass is 1060 g/mol. The molecule has 0 unspecified atom stereocenters. The highest BCUT2D eigenvalue weighted by atomic mass is 16.4. The lowest BCUT2D eigenvalue weighted by Gasteiger charge is -2.27. The molecule has 0 fully saturated rings. The van der Waals surface area contributed by atoms with E-state index >= 15 is 0 Å². The summed E-state index contributed by atoms with van der Waals surface area (Å²) in [6, 6.07) is -4.58. The van der Waals surface area contributed by atoms with Gasteiger partial charge in [-0.2, -0.15) is 0 Å². The van der Waals surface area contributed by atoms with E-state index in [9.17, 15) is 68.4 Å². The van der Waals surface area contributed by atoms with Crippen LogP contribution in [0.25, 0.3) is 0 Å². The average Bonchev–Trinajstić information content (AvgIpc) is 3.31. The standard InChI is InChI=1S/C46H77N15O14/c1-23(2)18-31(40(70)59-32(19-24(3)4)41(71)56-28(8-6-16-52-45(48)49)39(69)58-30(44(74)75)9-7-17-53-46(50)51)55-35(65)22-54-38(68)29(14-15-36(66)67)57-42(72)33(20-26-10-12-27(63)13-11-26)60-43(73)37(25(5)62)61-34(64)21-47/h10-13,23-25,28-33,37,62-63H,6-9,14-22,47H2,1-5H3,(H,54,68)(H,55,65)(H,56,71)(H,57,72)(H,58,69)(H,59,70)(H,60,73)(H,61,64)(H,66,67)(H,74,75)(H4,48,49,52)(H4,50,51,53)/t25-,28+,29+,30+,31+,32+,33+,37+/m1/s1. The molecule has 0 radical (unpaired) electrons. The third kappa shape index (κ3) is 27.2. The number of phenolic OH excluding ortho intramolecular Hbond substituents is 1. The van der Waals surface area contributed by atoms with Crippen LogP contribution in [0.1, 0.15) is 91.5 Å². The first-order valence-corrected chi connectivity index (χ1v) is 24.2. The van der Waals surface area contributed by atoms with Gasteiger partial charge in [0.05, 0.1) is 19.2 Å². The molecule has 1 rings (SSSR count). The molecule has 1 aromatic carbocycles. The van der Waals surface area contributed by atoms with Crippen LogP contribution in [0.2, 0.25) is 0 Å². The van der Waals surface area contributed by atoms with E-state index in [0.29, 0.717) is 5.56 Å². The van der Waals surface area contributed by atoms with Crippen molar-refractivity contribution in [2.75, 3.05) is 26.2 Å². The Morgan fingerprint density at radius 1 is 0.547 bits per heavy atom. The number of nitrogens with one attached hydrogen (secondary N) is 8. The zero-order chi connectivity index (χ0) is 56.9. The highest BCUT2D eigenvalue weighted by Gasteiger charge is 2.34. The van der Waals surface area contributed by atoms with Crippen LogP contribution in [-0.4, -0.2) is 166 Å². The number of aliphatic hydroxyl groups is 1. The number of aromatic hydroxyl groups is 1. The van der Waals surface area contributed by atoms with Crippen LogP contribution in [0, 0.1) is 11.8 Å². The van der Waals surface area contributed by atoms with Crippen LogP contribution in [0.3, 0.4) is 0 Å². The van der Waals surface area contributed by atoms with E-state index in [4.69, 9.17) is 28.7 Å².